The van der Waals surface area contributed by atoms with Gasteiger partial charge in [-0.15, -0.1) is 0 Å². The highest BCUT2D eigenvalue weighted by molar-refractivity contribution is 9.10. The van der Waals surface area contributed by atoms with Gasteiger partial charge in [0.05, 0.1) is 11.8 Å². The zero-order valence-corrected chi connectivity index (χ0v) is 14.7. The second kappa shape index (κ2) is 7.85. The molecule has 2 aromatic rings. The van der Waals surface area contributed by atoms with Crippen molar-refractivity contribution in [3.8, 4) is 0 Å². The molecule has 0 saturated heterocycles. The van der Waals surface area contributed by atoms with E-state index < -0.39 is 5.91 Å². The number of aryl methyl sites for hydroxylation is 1. The Kier molecular flexibility index (Phi) is 5.83. The number of halogens is 1. The highest BCUT2D eigenvalue weighted by Crippen LogP contribution is 2.17. The Balaban J connectivity index is 2.17. The van der Waals surface area contributed by atoms with Crippen LogP contribution in [-0.4, -0.2) is 35.3 Å². The largest absolute Gasteiger partial charge is 0.288 e. The number of nitrogens with zero attached hydrogens (tertiary/aromatic N) is 2. The smallest absolute Gasteiger partial charge is 0.274 e. The number of hydrogen-bond donors (Lipinski definition) is 2. The van der Waals surface area contributed by atoms with Crippen molar-refractivity contribution in [1.29, 1.82) is 0 Å². The molecule has 0 bridgehead atoms. The second-order valence-electron chi connectivity index (χ2n) is 5.07. The highest BCUT2D eigenvalue weighted by atomic mass is 79.9. The molecule has 0 saturated carbocycles. The molecule has 0 aliphatic carbocycles. The average Bonchev–Trinajstić information content (AvgIpc) is 2.59. The van der Waals surface area contributed by atoms with Crippen LogP contribution in [0.1, 0.15) is 31.8 Å². The van der Waals surface area contributed by atoms with Crippen LogP contribution < -0.4 is 5.48 Å². The summed E-state index contributed by atoms with van der Waals surface area (Å²) < 4.78 is 0.701. The van der Waals surface area contributed by atoms with Gasteiger partial charge in [0.2, 0.25) is 0 Å². The minimum absolute atomic E-state index is 0.243. The summed E-state index contributed by atoms with van der Waals surface area (Å²) in [6.45, 7) is 1.81. The van der Waals surface area contributed by atoms with Gasteiger partial charge in [0.1, 0.15) is 0 Å². The van der Waals surface area contributed by atoms with Crippen molar-refractivity contribution in [3.63, 3.8) is 0 Å². The summed E-state index contributed by atoms with van der Waals surface area (Å²) in [4.78, 5) is 23.7. The molecule has 24 heavy (non-hydrogen) atoms. The fraction of sp³-hybridized carbons (Fsp3) is 0.118. The van der Waals surface area contributed by atoms with Gasteiger partial charge in [-0.1, -0.05) is 18.2 Å². The molecule has 0 spiro atoms. The minimum Gasteiger partial charge on any atom is -0.288 e. The average molecular weight is 390 g/mol. The first-order valence-electron chi connectivity index (χ1n) is 7.05. The molecule has 124 valence electrons. The van der Waals surface area contributed by atoms with Crippen LogP contribution in [0.5, 0.6) is 0 Å². The maximum Gasteiger partial charge on any atom is 0.274 e. The van der Waals surface area contributed by atoms with E-state index >= 15 is 0 Å². The molecule has 2 amide bonds. The van der Waals surface area contributed by atoms with Gasteiger partial charge >= 0.3 is 0 Å². The lowest BCUT2D eigenvalue weighted by molar-refractivity contribution is 0.0706. The van der Waals surface area contributed by atoms with Gasteiger partial charge < -0.3 is 0 Å². The van der Waals surface area contributed by atoms with E-state index in [2.05, 4.69) is 21.0 Å². The molecule has 2 rings (SSSR count). The van der Waals surface area contributed by atoms with Gasteiger partial charge in [0, 0.05) is 17.1 Å². The Bertz CT molecular complexity index is 805. The molecule has 0 unspecified atom stereocenters. The number of hydrazone groups is 1. The molecule has 6 nitrogen and oxygen atoms in total. The third kappa shape index (κ3) is 4.06. The molecule has 0 fully saturated rings. The molecule has 2 aromatic carbocycles. The number of hydroxylamine groups is 1. The lowest BCUT2D eigenvalue weighted by atomic mass is 10.1. The first kappa shape index (κ1) is 17.8. The third-order valence-electron chi connectivity index (χ3n) is 3.40. The minimum atomic E-state index is -0.581. The van der Waals surface area contributed by atoms with Gasteiger partial charge in [-0.2, -0.15) is 5.10 Å². The Hall–Kier alpha value is -2.51. The summed E-state index contributed by atoms with van der Waals surface area (Å²) in [6.07, 6.45) is 1.55. The monoisotopic (exact) mass is 389 g/mol. The molecule has 0 radical (unpaired) electrons. The zero-order valence-electron chi connectivity index (χ0n) is 13.2. The van der Waals surface area contributed by atoms with E-state index in [0.717, 1.165) is 11.1 Å². The lowest BCUT2D eigenvalue weighted by Crippen LogP contribution is -2.22. The number of carbonyl (C=O) groups is 2. The predicted molar refractivity (Wildman–Crippen MR) is 94.3 cm³/mol. The van der Waals surface area contributed by atoms with Crippen molar-refractivity contribution >= 4 is 34.0 Å². The van der Waals surface area contributed by atoms with Crippen molar-refractivity contribution in [2.75, 3.05) is 7.05 Å². The van der Waals surface area contributed by atoms with Crippen LogP contribution in [-0.2, 0) is 0 Å². The standard InChI is InChI=1S/C17H16BrN3O3/c1-11-9-12(16(22)20-24)7-8-13(11)10-19-21(2)17(23)14-5-3-4-6-15(14)18/h3-10,24H,1-2H3,(H,20,22)/b19-10+. The van der Waals surface area contributed by atoms with E-state index in [9.17, 15) is 9.59 Å². The topological polar surface area (TPSA) is 82.0 Å². The van der Waals surface area contributed by atoms with E-state index in [1.54, 1.807) is 55.1 Å². The summed E-state index contributed by atoms with van der Waals surface area (Å²) in [5.41, 5.74) is 4.00. The molecule has 0 heterocycles. The van der Waals surface area contributed by atoms with Crippen molar-refractivity contribution in [1.82, 2.24) is 10.5 Å². The van der Waals surface area contributed by atoms with Gasteiger partial charge in [0.15, 0.2) is 0 Å². The van der Waals surface area contributed by atoms with Crippen LogP contribution in [0.25, 0.3) is 0 Å². The zero-order chi connectivity index (χ0) is 17.7. The normalized spacial score (nSPS) is 10.7. The summed E-state index contributed by atoms with van der Waals surface area (Å²) in [5, 5.41) is 14.0. The van der Waals surface area contributed by atoms with Crippen molar-refractivity contribution in [2.24, 2.45) is 5.10 Å². The van der Waals surface area contributed by atoms with Gasteiger partial charge in [-0.3, -0.25) is 14.8 Å². The maximum absolute atomic E-state index is 12.4. The molecule has 0 aliphatic heterocycles. The van der Waals surface area contributed by atoms with Gasteiger partial charge in [-0.25, -0.2) is 10.5 Å². The lowest BCUT2D eigenvalue weighted by Gasteiger charge is -2.12. The first-order chi connectivity index (χ1) is 11.4. The number of amides is 2. The summed E-state index contributed by atoms with van der Waals surface area (Å²) >= 11 is 3.34. The van der Waals surface area contributed by atoms with Crippen LogP contribution in [0.15, 0.2) is 52.0 Å². The number of carbonyl (C=O) groups excluding carboxylic acids is 2. The summed E-state index contributed by atoms with van der Waals surface area (Å²) in [7, 11) is 1.57. The quantitative estimate of drug-likeness (QED) is 0.479. The molecule has 2 N–H and O–H groups in total. The molecule has 0 aliphatic rings. The number of hydrogen-bond acceptors (Lipinski definition) is 4. The van der Waals surface area contributed by atoms with E-state index in [4.69, 9.17) is 5.21 Å². The van der Waals surface area contributed by atoms with E-state index in [0.29, 0.717) is 15.6 Å². The van der Waals surface area contributed by atoms with E-state index in [1.165, 1.54) is 5.01 Å². The van der Waals surface area contributed by atoms with Crippen LogP contribution >= 0.6 is 15.9 Å². The Morgan fingerprint density at radius 1 is 1.25 bits per heavy atom. The molecular formula is C17H16BrN3O3. The Labute approximate surface area is 147 Å². The van der Waals surface area contributed by atoms with Crippen LogP contribution in [0.2, 0.25) is 0 Å². The molecule has 0 atom stereocenters. The van der Waals surface area contributed by atoms with Crippen molar-refractivity contribution < 1.29 is 14.8 Å². The Morgan fingerprint density at radius 3 is 2.58 bits per heavy atom. The predicted octanol–water partition coefficient (Wildman–Crippen LogP) is 2.98. The van der Waals surface area contributed by atoms with Crippen LogP contribution in [0, 0.1) is 6.92 Å². The summed E-state index contributed by atoms with van der Waals surface area (Å²) in [5.74, 6) is -0.824. The van der Waals surface area contributed by atoms with Crippen molar-refractivity contribution in [2.45, 2.75) is 6.92 Å². The maximum atomic E-state index is 12.4. The number of rotatable bonds is 4. The number of benzene rings is 2. The number of nitrogens with one attached hydrogen (secondary N) is 1. The Morgan fingerprint density at radius 2 is 1.96 bits per heavy atom. The highest BCUT2D eigenvalue weighted by Gasteiger charge is 2.13. The van der Waals surface area contributed by atoms with E-state index in [1.807, 2.05) is 13.0 Å². The van der Waals surface area contributed by atoms with Gasteiger partial charge in [-0.05, 0) is 58.2 Å². The fourth-order valence-corrected chi connectivity index (χ4v) is 2.49. The SMILES string of the molecule is Cc1cc(C(=O)NO)ccc1/C=N/N(C)C(=O)c1ccccc1Br. The molecule has 7 heteroatoms. The van der Waals surface area contributed by atoms with Gasteiger partial charge in [0.25, 0.3) is 11.8 Å². The van der Waals surface area contributed by atoms with Crippen LogP contribution in [0.3, 0.4) is 0 Å². The molecule has 0 aromatic heterocycles. The summed E-state index contributed by atoms with van der Waals surface area (Å²) in [6, 6.07) is 12.0. The first-order valence-corrected chi connectivity index (χ1v) is 7.85. The third-order valence-corrected chi connectivity index (χ3v) is 4.09. The fourth-order valence-electron chi connectivity index (χ4n) is 2.04. The second-order valence-corrected chi connectivity index (χ2v) is 5.92. The van der Waals surface area contributed by atoms with Crippen molar-refractivity contribution in [3.05, 3.63) is 69.2 Å². The van der Waals surface area contributed by atoms with E-state index in [-0.39, 0.29) is 5.91 Å². The van der Waals surface area contributed by atoms with Crippen LogP contribution in [0.4, 0.5) is 0 Å². The molecular weight excluding hydrogens is 374 g/mol.